The molecule has 5 heteroatoms. The lowest BCUT2D eigenvalue weighted by Crippen LogP contribution is -2.48. The molecule has 2 heterocycles. The first-order chi connectivity index (χ1) is 10.7. The molecule has 0 aromatic carbocycles. The predicted octanol–water partition coefficient (Wildman–Crippen LogP) is 2.05. The molecule has 2 saturated heterocycles. The van der Waals surface area contributed by atoms with Gasteiger partial charge in [0.15, 0.2) is 0 Å². The second-order valence-electron chi connectivity index (χ2n) is 6.34. The Balaban J connectivity index is 1.81. The lowest BCUT2D eigenvalue weighted by atomic mass is 9.94. The van der Waals surface area contributed by atoms with Gasteiger partial charge in [-0.3, -0.25) is 9.59 Å². The molecule has 2 aliphatic rings. The van der Waals surface area contributed by atoms with Crippen molar-refractivity contribution in [1.29, 1.82) is 0 Å². The Bertz CT molecular complexity index is 347. The molecule has 22 heavy (non-hydrogen) atoms. The minimum Gasteiger partial charge on any atom is -0.369 e. The Morgan fingerprint density at radius 2 is 1.64 bits per heavy atom. The van der Waals surface area contributed by atoms with Gasteiger partial charge in [0, 0.05) is 38.7 Å². The van der Waals surface area contributed by atoms with Crippen molar-refractivity contribution in [3.05, 3.63) is 0 Å². The standard InChI is InChI=1S/C17H30N2O3/c1-3-15(22-4-2)17(21)19-12-8-14(9-13-19)16(20)18-10-6-5-7-11-18/h14-15H,3-13H2,1-2H3/t15-/m1/s1. The summed E-state index contributed by atoms with van der Waals surface area (Å²) in [4.78, 5) is 28.8. The van der Waals surface area contributed by atoms with E-state index >= 15 is 0 Å². The first kappa shape index (κ1) is 17.3. The van der Waals surface area contributed by atoms with Crippen molar-refractivity contribution in [3.63, 3.8) is 0 Å². The Kier molecular flexibility index (Phi) is 6.68. The highest BCUT2D eigenvalue weighted by molar-refractivity contribution is 5.82. The fourth-order valence-corrected chi connectivity index (χ4v) is 3.49. The predicted molar refractivity (Wildman–Crippen MR) is 85.4 cm³/mol. The molecular formula is C17H30N2O3. The number of ether oxygens (including phenoxy) is 1. The Hall–Kier alpha value is -1.10. The van der Waals surface area contributed by atoms with Crippen LogP contribution in [0.3, 0.4) is 0 Å². The van der Waals surface area contributed by atoms with E-state index in [0.717, 1.165) is 38.8 Å². The summed E-state index contributed by atoms with van der Waals surface area (Å²) in [6, 6.07) is 0. The van der Waals surface area contributed by atoms with Crippen molar-refractivity contribution in [2.45, 2.75) is 58.5 Å². The van der Waals surface area contributed by atoms with Crippen LogP contribution in [0.15, 0.2) is 0 Å². The van der Waals surface area contributed by atoms with Gasteiger partial charge in [0.05, 0.1) is 0 Å². The largest absolute Gasteiger partial charge is 0.369 e. The first-order valence-corrected chi connectivity index (χ1v) is 8.86. The zero-order chi connectivity index (χ0) is 15.9. The van der Waals surface area contributed by atoms with E-state index in [2.05, 4.69) is 0 Å². The first-order valence-electron chi connectivity index (χ1n) is 8.86. The molecule has 0 aliphatic carbocycles. The van der Waals surface area contributed by atoms with Crippen molar-refractivity contribution >= 4 is 11.8 Å². The average Bonchev–Trinajstić information content (AvgIpc) is 2.59. The number of nitrogens with zero attached hydrogens (tertiary/aromatic N) is 2. The molecule has 2 amide bonds. The van der Waals surface area contributed by atoms with E-state index in [1.165, 1.54) is 6.42 Å². The molecule has 2 fully saturated rings. The van der Waals surface area contributed by atoms with Crippen LogP contribution in [0.5, 0.6) is 0 Å². The summed E-state index contributed by atoms with van der Waals surface area (Å²) in [5, 5.41) is 0. The number of carbonyl (C=O) groups is 2. The van der Waals surface area contributed by atoms with Crippen LogP contribution in [0.2, 0.25) is 0 Å². The summed E-state index contributed by atoms with van der Waals surface area (Å²) in [6.07, 6.45) is 5.49. The smallest absolute Gasteiger partial charge is 0.251 e. The number of piperidine rings is 2. The third kappa shape index (κ3) is 4.22. The van der Waals surface area contributed by atoms with Gasteiger partial charge in [0.25, 0.3) is 5.91 Å². The molecule has 2 rings (SSSR count). The van der Waals surface area contributed by atoms with Gasteiger partial charge < -0.3 is 14.5 Å². The van der Waals surface area contributed by atoms with Crippen LogP contribution in [-0.4, -0.2) is 60.5 Å². The highest BCUT2D eigenvalue weighted by atomic mass is 16.5. The fraction of sp³-hybridized carbons (Fsp3) is 0.882. The topological polar surface area (TPSA) is 49.9 Å². The summed E-state index contributed by atoms with van der Waals surface area (Å²) in [6.45, 7) is 7.66. The van der Waals surface area contributed by atoms with Gasteiger partial charge in [-0.2, -0.15) is 0 Å². The SMILES string of the molecule is CCO[C@H](CC)C(=O)N1CCC(C(=O)N2CCCCC2)CC1. The summed E-state index contributed by atoms with van der Waals surface area (Å²) < 4.78 is 5.51. The number of hydrogen-bond donors (Lipinski definition) is 0. The van der Waals surface area contributed by atoms with Crippen molar-refractivity contribution in [2.75, 3.05) is 32.8 Å². The molecule has 0 saturated carbocycles. The summed E-state index contributed by atoms with van der Waals surface area (Å²) in [7, 11) is 0. The van der Waals surface area contributed by atoms with E-state index < -0.39 is 0 Å². The van der Waals surface area contributed by atoms with Crippen LogP contribution in [0, 0.1) is 5.92 Å². The maximum atomic E-state index is 12.5. The quantitative estimate of drug-likeness (QED) is 0.781. The average molecular weight is 310 g/mol. The van der Waals surface area contributed by atoms with Crippen molar-refractivity contribution < 1.29 is 14.3 Å². The van der Waals surface area contributed by atoms with Crippen LogP contribution in [0.4, 0.5) is 0 Å². The van der Waals surface area contributed by atoms with E-state index in [-0.39, 0.29) is 17.9 Å². The normalized spacial score (nSPS) is 21.7. The van der Waals surface area contributed by atoms with Crippen LogP contribution in [0.1, 0.15) is 52.4 Å². The molecule has 0 bridgehead atoms. The van der Waals surface area contributed by atoms with Crippen LogP contribution in [0.25, 0.3) is 0 Å². The molecule has 0 aromatic heterocycles. The van der Waals surface area contributed by atoms with Crippen molar-refractivity contribution in [3.8, 4) is 0 Å². The summed E-state index contributed by atoms with van der Waals surface area (Å²) >= 11 is 0. The van der Waals surface area contributed by atoms with Crippen molar-refractivity contribution in [2.24, 2.45) is 5.92 Å². The van der Waals surface area contributed by atoms with E-state index in [1.54, 1.807) is 0 Å². The molecule has 2 aliphatic heterocycles. The second kappa shape index (κ2) is 8.51. The molecule has 0 unspecified atom stereocenters. The maximum Gasteiger partial charge on any atom is 0.251 e. The molecule has 0 N–H and O–H groups in total. The highest BCUT2D eigenvalue weighted by Crippen LogP contribution is 2.22. The second-order valence-corrected chi connectivity index (χ2v) is 6.34. The molecule has 0 aromatic rings. The number of hydrogen-bond acceptors (Lipinski definition) is 3. The minimum atomic E-state index is -0.320. The fourth-order valence-electron chi connectivity index (χ4n) is 3.49. The van der Waals surface area contributed by atoms with E-state index in [4.69, 9.17) is 4.74 Å². The highest BCUT2D eigenvalue weighted by Gasteiger charge is 2.32. The third-order valence-electron chi connectivity index (χ3n) is 4.84. The molecule has 0 radical (unpaired) electrons. The van der Waals surface area contributed by atoms with Gasteiger partial charge >= 0.3 is 0 Å². The van der Waals surface area contributed by atoms with Gasteiger partial charge in [-0.05, 0) is 45.4 Å². The lowest BCUT2D eigenvalue weighted by molar-refractivity contribution is -0.148. The molecule has 5 nitrogen and oxygen atoms in total. The van der Waals surface area contributed by atoms with Gasteiger partial charge in [-0.1, -0.05) is 6.92 Å². The number of carbonyl (C=O) groups excluding carboxylic acids is 2. The Morgan fingerprint density at radius 3 is 2.18 bits per heavy atom. The molecular weight excluding hydrogens is 280 g/mol. The Morgan fingerprint density at radius 1 is 1.00 bits per heavy atom. The van der Waals surface area contributed by atoms with E-state index in [1.807, 2.05) is 23.6 Å². The molecule has 0 spiro atoms. The number of likely N-dealkylation sites (tertiary alicyclic amines) is 2. The number of rotatable bonds is 5. The van der Waals surface area contributed by atoms with E-state index in [9.17, 15) is 9.59 Å². The third-order valence-corrected chi connectivity index (χ3v) is 4.84. The van der Waals surface area contributed by atoms with Gasteiger partial charge in [0.1, 0.15) is 6.10 Å². The monoisotopic (exact) mass is 310 g/mol. The lowest BCUT2D eigenvalue weighted by Gasteiger charge is -2.36. The molecule has 1 atom stereocenters. The van der Waals surface area contributed by atoms with Crippen LogP contribution in [-0.2, 0) is 14.3 Å². The summed E-state index contributed by atoms with van der Waals surface area (Å²) in [5.74, 6) is 0.506. The van der Waals surface area contributed by atoms with E-state index in [0.29, 0.717) is 32.0 Å². The zero-order valence-electron chi connectivity index (χ0n) is 14.1. The van der Waals surface area contributed by atoms with Gasteiger partial charge in [0.2, 0.25) is 5.91 Å². The molecule has 126 valence electrons. The Labute approximate surface area is 134 Å². The van der Waals surface area contributed by atoms with Crippen molar-refractivity contribution in [1.82, 2.24) is 9.80 Å². The van der Waals surface area contributed by atoms with Crippen LogP contribution >= 0.6 is 0 Å². The number of amides is 2. The maximum absolute atomic E-state index is 12.5. The zero-order valence-corrected chi connectivity index (χ0v) is 14.1. The van der Waals surface area contributed by atoms with Crippen LogP contribution < -0.4 is 0 Å². The van der Waals surface area contributed by atoms with Gasteiger partial charge in [-0.25, -0.2) is 0 Å². The minimum absolute atomic E-state index is 0.0909. The van der Waals surface area contributed by atoms with Gasteiger partial charge in [-0.15, -0.1) is 0 Å². The summed E-state index contributed by atoms with van der Waals surface area (Å²) in [5.41, 5.74) is 0.